The quantitative estimate of drug-likeness (QED) is 0.0111. The number of carbonyl (C=O) groups is 1. The lowest BCUT2D eigenvalue weighted by Crippen LogP contribution is -2.26. The van der Waals surface area contributed by atoms with Crippen LogP contribution in [-0.4, -0.2) is 114 Å². The van der Waals surface area contributed by atoms with Crippen LogP contribution in [0.1, 0.15) is 216 Å². The predicted molar refractivity (Wildman–Crippen MR) is 504 cm³/mol. The molecular formula is C99H111BrN22O13. The molecule has 0 saturated heterocycles. The first-order valence-corrected chi connectivity index (χ1v) is 41.7. The second-order valence-electron chi connectivity index (χ2n) is 31.7. The number of pyridine rings is 6. The monoisotopic (exact) mass is 1890 g/mol. The maximum atomic E-state index is 10.7. The number of methoxy groups -OCH3 is 1. The van der Waals surface area contributed by atoms with Crippen molar-refractivity contribution in [3.63, 3.8) is 0 Å². The maximum absolute atomic E-state index is 10.7. The highest BCUT2D eigenvalue weighted by Crippen LogP contribution is 2.32. The number of azide groups is 1. The third-order valence-corrected chi connectivity index (χ3v) is 19.7. The number of hydrogen-bond donors (Lipinski definition) is 3. The molecule has 0 aliphatic carbocycles. The number of benzene rings is 2. The lowest BCUT2D eigenvalue weighted by atomic mass is 9.77. The minimum atomic E-state index is -0.560. The van der Waals surface area contributed by atoms with E-state index in [2.05, 4.69) is 224 Å². The Bertz CT molecular complexity index is 6000. The molecule has 0 spiro atoms. The molecule has 1 unspecified atom stereocenters. The number of aliphatic hydroxyl groups excluding tert-OH is 1. The average Bonchev–Trinajstić information content (AvgIpc) is 1.61. The summed E-state index contributed by atoms with van der Waals surface area (Å²) in [6.07, 6.45) is 11.5. The van der Waals surface area contributed by atoms with E-state index in [1.54, 1.807) is 67.1 Å². The van der Waals surface area contributed by atoms with Crippen LogP contribution < -0.4 is 11.5 Å². The van der Waals surface area contributed by atoms with E-state index in [1.807, 2.05) is 143 Å². The number of aryl methyl sites for hydroxylation is 3. The standard InChI is InChI=1S/C23H22N8.C13H8N4.C12H16N2.C11H16N4.C11H17NO.C11H17N.C7H9NO2.C6H6BrN.5CO2/c1-23(2,3)21-9-5-8-17(26-21)13-31-14-20(29-30-31)19-11-18(27-22(25)28-19)16-7-4-6-15(10-16)12-24;1-2-11-7-12(17-13(15)16-11)10-5-3-4-9(6-10)8-14;1-9(8-13)12(3,4)11-7-5-6-10(2)14-11;1-4-11(2,3)10-7-5-6-9(14-10)8-13-15-12;1-4-11(2,3)10-7-5-6-9(8-13)12-10;1-5-11(3,4)10-8-6-7-9(2)12-10;1-5(2)6(8-3)7(9)10-4;1-5-3-2-4-6(7)8-5;5*2-1-3/h4-11,14H,13H2,1-3H3,(H2,25,27,28);1,3-7H,(H2,15,16,17);5-7,9H,1-4H3;5-7H,4,8H2,1-3H3;5-7,13H,4,8H2,1-3H3;6-8H,5H2,1-4H3;1-2,4H3;2-4H,1H3;;;;;. The first-order chi connectivity index (χ1) is 63.8. The molecule has 5 N–H and O–H groups in total. The second-order valence-corrected chi connectivity index (χ2v) is 32.6. The third kappa shape index (κ3) is 46.6. The topological polar surface area (TPSA) is 553 Å². The van der Waals surface area contributed by atoms with Gasteiger partial charge in [0.1, 0.15) is 16.0 Å². The molecule has 35 nitrogen and oxygen atoms in total. The SMILES string of the molecule is C#Cc1cc(-c2cccc(C#N)c2)nc(N)n1.CC(C)(C)c1cccc(Cn2cc(-c3cc(-c4cccc(C#N)c4)nc(N)n3)nn2)n1.CCC(C)(C)c1cccc(C)n1.CCC(C)(C)c1cccc(CN=[N+]=[N-])n1.CCC(C)(C)c1cccc(CO)n1.Cc1cccc(Br)n1.Cc1cccc(C(C)(C)C(C)C#N)n1.O=C=O.O=C=O.O=C=O.O=C=O.O=C=O.[C-]#[N+]C(C(=O)OC)=C(C)C. The molecule has 9 aromatic heterocycles. The number of esters is 1. The van der Waals surface area contributed by atoms with Crippen molar-refractivity contribution in [2.24, 2.45) is 11.0 Å². The van der Waals surface area contributed by atoms with Crippen molar-refractivity contribution >= 4 is 64.6 Å². The number of nitrogen functional groups attached to an aromatic ring is 2. The zero-order chi connectivity index (χ0) is 103. The molecule has 0 aliphatic rings. The molecule has 0 aliphatic heterocycles. The van der Waals surface area contributed by atoms with Crippen molar-refractivity contribution in [3.05, 3.63) is 293 Å². The molecule has 0 fully saturated rings. The Morgan fingerprint density at radius 2 is 0.919 bits per heavy atom. The van der Waals surface area contributed by atoms with Crippen molar-refractivity contribution in [1.82, 2.24) is 64.8 Å². The fraction of sp³-hybridized carbons (Fsp3) is 0.333. The molecule has 135 heavy (non-hydrogen) atoms. The van der Waals surface area contributed by atoms with E-state index in [1.165, 1.54) is 12.8 Å². The van der Waals surface area contributed by atoms with Gasteiger partial charge in [0, 0.05) is 94.4 Å². The highest BCUT2D eigenvalue weighted by atomic mass is 79.9. The number of nitrogens with zero attached hydrogens (tertiary/aromatic N) is 20. The van der Waals surface area contributed by atoms with E-state index in [0.717, 1.165) is 91.9 Å². The van der Waals surface area contributed by atoms with Crippen LogP contribution in [0.2, 0.25) is 0 Å². The molecule has 0 bridgehead atoms. The molecule has 36 heteroatoms. The Labute approximate surface area is 795 Å². The van der Waals surface area contributed by atoms with Gasteiger partial charge in [-0.05, 0) is 178 Å². The number of anilines is 2. The number of rotatable bonds is 17. The summed E-state index contributed by atoms with van der Waals surface area (Å²) in [4.78, 5) is 141. The molecule has 11 aromatic rings. The summed E-state index contributed by atoms with van der Waals surface area (Å²) in [7, 11) is 1.26. The lowest BCUT2D eigenvalue weighted by Gasteiger charge is -2.26. The van der Waals surface area contributed by atoms with Gasteiger partial charge in [-0.2, -0.15) is 63.7 Å². The Morgan fingerprint density at radius 3 is 1.30 bits per heavy atom. The molecule has 0 amide bonds. The average molecular weight is 1900 g/mol. The van der Waals surface area contributed by atoms with Crippen molar-refractivity contribution in [2.75, 3.05) is 18.6 Å². The fourth-order valence-corrected chi connectivity index (χ4v) is 10.7. The van der Waals surface area contributed by atoms with Gasteiger partial charge < -0.3 is 21.3 Å². The van der Waals surface area contributed by atoms with Gasteiger partial charge in [-0.25, -0.2) is 34.4 Å². The van der Waals surface area contributed by atoms with Gasteiger partial charge in [-0.15, -0.1) is 11.5 Å². The zero-order valence-corrected chi connectivity index (χ0v) is 81.0. The molecule has 0 saturated carbocycles. The Balaban J connectivity index is 0. The number of aliphatic hydroxyl groups is 1. The van der Waals surface area contributed by atoms with Crippen molar-refractivity contribution in [2.45, 2.75) is 205 Å². The number of halogens is 1. The Hall–Kier alpha value is -16.4. The number of hydrogen-bond acceptors (Lipinski definition) is 31. The highest BCUT2D eigenvalue weighted by Gasteiger charge is 2.30. The summed E-state index contributed by atoms with van der Waals surface area (Å²) in [6, 6.07) is 59.8. The Kier molecular flexibility index (Phi) is 57.5. The molecule has 9 heterocycles. The first-order valence-electron chi connectivity index (χ1n) is 40.9. The van der Waals surface area contributed by atoms with Gasteiger partial charge in [0.05, 0.1) is 103 Å². The smallest absolute Gasteiger partial charge is 0.373 e. The van der Waals surface area contributed by atoms with Crippen LogP contribution in [0.5, 0.6) is 0 Å². The van der Waals surface area contributed by atoms with Crippen LogP contribution in [-0.2, 0) is 104 Å². The number of nitriles is 3. The Morgan fingerprint density at radius 1 is 0.533 bits per heavy atom. The number of terminal acetylenes is 1. The molecule has 2 aromatic carbocycles. The van der Waals surface area contributed by atoms with Crippen molar-refractivity contribution < 1.29 is 62.6 Å². The van der Waals surface area contributed by atoms with Gasteiger partial charge in [0.25, 0.3) is 5.70 Å². The number of aromatic nitrogens is 13. The van der Waals surface area contributed by atoms with E-state index in [-0.39, 0.29) is 88.0 Å². The van der Waals surface area contributed by atoms with Gasteiger partial charge in [-0.1, -0.05) is 193 Å². The van der Waals surface area contributed by atoms with Crippen LogP contribution >= 0.6 is 15.9 Å². The summed E-state index contributed by atoms with van der Waals surface area (Å²) >= 11 is 3.25. The summed E-state index contributed by atoms with van der Waals surface area (Å²) in [5.74, 6) is 2.07. The molecule has 702 valence electrons. The number of nitrogens with two attached hydrogens (primary N) is 2. The van der Waals surface area contributed by atoms with Crippen LogP contribution in [0.15, 0.2) is 197 Å². The normalized spacial score (nSPS) is 9.94. The minimum Gasteiger partial charge on any atom is -0.474 e. The fourth-order valence-electron chi connectivity index (χ4n) is 10.3. The van der Waals surface area contributed by atoms with Gasteiger partial charge >= 0.3 is 36.7 Å². The number of carbonyl (C=O) groups excluding carboxylic acids is 11. The summed E-state index contributed by atoms with van der Waals surface area (Å²) in [5, 5.41) is 47.8. The van der Waals surface area contributed by atoms with Crippen molar-refractivity contribution in [3.8, 4) is 64.5 Å². The molecule has 1 atom stereocenters. The third-order valence-electron chi connectivity index (χ3n) is 19.2. The highest BCUT2D eigenvalue weighted by molar-refractivity contribution is 9.10. The van der Waals surface area contributed by atoms with Gasteiger partial charge in [-0.3, -0.25) is 29.7 Å². The second kappa shape index (κ2) is 64.4. The first kappa shape index (κ1) is 121. The van der Waals surface area contributed by atoms with Gasteiger partial charge in [0.15, 0.2) is 0 Å². The maximum Gasteiger partial charge on any atom is 0.373 e. The molecular weight excluding hydrogens is 1790 g/mol. The van der Waals surface area contributed by atoms with Crippen LogP contribution in [0.3, 0.4) is 0 Å². The minimum absolute atomic E-state index is 0.0215. The predicted octanol–water partition coefficient (Wildman–Crippen LogP) is 17.5. The molecule has 11 rings (SSSR count). The number of allylic oxidation sites excluding steroid dienone is 1. The van der Waals surface area contributed by atoms with E-state index in [9.17, 15) is 4.79 Å². The zero-order valence-electron chi connectivity index (χ0n) is 79.5. The van der Waals surface area contributed by atoms with Crippen LogP contribution in [0, 0.1) is 79.6 Å². The van der Waals surface area contributed by atoms with E-state index in [4.69, 9.17) is 104 Å². The van der Waals surface area contributed by atoms with Crippen LogP contribution in [0.4, 0.5) is 11.9 Å². The van der Waals surface area contributed by atoms with Crippen molar-refractivity contribution in [1.29, 1.82) is 15.8 Å². The molecule has 0 radical (unpaired) electrons. The van der Waals surface area contributed by atoms with Gasteiger partial charge in [0.2, 0.25) is 11.9 Å². The summed E-state index contributed by atoms with van der Waals surface area (Å²) in [6.45, 7) is 48.8. The lowest BCUT2D eigenvalue weighted by molar-refractivity contribution is -0.193. The largest absolute Gasteiger partial charge is 0.474 e. The van der Waals surface area contributed by atoms with E-state index >= 15 is 0 Å². The number of ether oxygens (including phenoxy) is 1. The van der Waals surface area contributed by atoms with E-state index in [0.29, 0.717) is 58.3 Å². The van der Waals surface area contributed by atoms with E-state index < -0.39 is 5.97 Å². The summed E-state index contributed by atoms with van der Waals surface area (Å²) < 4.78 is 6.98. The summed E-state index contributed by atoms with van der Waals surface area (Å²) in [5.41, 5.74) is 37.1. The van der Waals surface area contributed by atoms with Crippen LogP contribution in [0.25, 0.3) is 49.2 Å².